The molecule has 0 aromatic heterocycles. The van der Waals surface area contributed by atoms with Crippen molar-refractivity contribution in [1.82, 2.24) is 15.1 Å². The first-order valence-electron chi connectivity index (χ1n) is 11.7. The van der Waals surface area contributed by atoms with E-state index < -0.39 is 6.04 Å². The first-order valence-corrected chi connectivity index (χ1v) is 13.6. The lowest BCUT2D eigenvalue weighted by molar-refractivity contribution is -0.123. The second-order valence-electron chi connectivity index (χ2n) is 9.12. The van der Waals surface area contributed by atoms with Gasteiger partial charge in [-0.25, -0.2) is 0 Å². The predicted molar refractivity (Wildman–Crippen MR) is 158 cm³/mol. The van der Waals surface area contributed by atoms with Gasteiger partial charge in [-0.1, -0.05) is 41.4 Å². The molecule has 0 radical (unpaired) electrons. The van der Waals surface area contributed by atoms with E-state index in [1.807, 2.05) is 32.3 Å². The van der Waals surface area contributed by atoms with Gasteiger partial charge in [-0.3, -0.25) is 19.8 Å². The second kappa shape index (κ2) is 12.0. The van der Waals surface area contributed by atoms with Crippen molar-refractivity contribution in [3.8, 4) is 0 Å². The van der Waals surface area contributed by atoms with Gasteiger partial charge < -0.3 is 15.5 Å². The van der Waals surface area contributed by atoms with Crippen LogP contribution in [0.5, 0.6) is 0 Å². The SMILES string of the molecule is CN(C)CCNCN1C(=O)C(c2ccc(Cl)cc2)N(Cc2ccc(Cl)cc2N)C(=O)c2cc(I)ccc21. The summed E-state index contributed by atoms with van der Waals surface area (Å²) in [6, 6.07) is 16.9. The van der Waals surface area contributed by atoms with Crippen LogP contribution >= 0.6 is 45.8 Å². The number of carbonyl (C=O) groups excluding carboxylic acids is 2. The zero-order valence-corrected chi connectivity index (χ0v) is 24.2. The highest BCUT2D eigenvalue weighted by atomic mass is 127. The van der Waals surface area contributed by atoms with E-state index in [-0.39, 0.29) is 25.0 Å². The molecule has 10 heteroatoms. The Hall–Kier alpha value is -2.37. The molecule has 3 N–H and O–H groups in total. The monoisotopic (exact) mass is 651 g/mol. The summed E-state index contributed by atoms with van der Waals surface area (Å²) >= 11 is 14.5. The Morgan fingerprint density at radius 1 is 1.00 bits per heavy atom. The van der Waals surface area contributed by atoms with Crippen LogP contribution in [0.3, 0.4) is 0 Å². The Morgan fingerprint density at radius 3 is 2.38 bits per heavy atom. The number of nitrogen functional groups attached to an aromatic ring is 1. The second-order valence-corrected chi connectivity index (χ2v) is 11.2. The highest BCUT2D eigenvalue weighted by Gasteiger charge is 2.40. The number of anilines is 2. The number of nitrogens with one attached hydrogen (secondary N) is 1. The van der Waals surface area contributed by atoms with Crippen molar-refractivity contribution >= 4 is 69.0 Å². The summed E-state index contributed by atoms with van der Waals surface area (Å²) in [5.74, 6) is -0.479. The molecule has 0 aliphatic carbocycles. The molecule has 194 valence electrons. The maximum Gasteiger partial charge on any atom is 0.257 e. The van der Waals surface area contributed by atoms with E-state index in [0.717, 1.165) is 10.1 Å². The molecular formula is C27H28Cl2IN5O2. The summed E-state index contributed by atoms with van der Waals surface area (Å²) < 4.78 is 0.897. The highest BCUT2D eigenvalue weighted by Crippen LogP contribution is 2.37. The van der Waals surface area contributed by atoms with Crippen LogP contribution in [-0.4, -0.2) is 55.5 Å². The maximum absolute atomic E-state index is 14.3. The number of rotatable bonds is 8. The summed E-state index contributed by atoms with van der Waals surface area (Å²) in [4.78, 5) is 33.7. The molecule has 1 aliphatic rings. The van der Waals surface area contributed by atoms with Crippen molar-refractivity contribution in [2.45, 2.75) is 12.6 Å². The van der Waals surface area contributed by atoms with E-state index >= 15 is 0 Å². The standard InChI is InChI=1S/C27H28Cl2IN5O2/c1-33(2)12-11-32-16-35-24-10-9-21(30)14-22(24)26(36)34(15-18-5-8-20(29)13-23(18)31)25(27(35)37)17-3-6-19(28)7-4-17/h3-10,13-14,25,32H,11-12,15-16,31H2,1-2H3. The smallest absolute Gasteiger partial charge is 0.257 e. The number of fused-ring (bicyclic) bond motifs is 1. The number of hydrogen-bond acceptors (Lipinski definition) is 5. The van der Waals surface area contributed by atoms with E-state index in [2.05, 4.69) is 32.8 Å². The number of nitrogens with zero attached hydrogens (tertiary/aromatic N) is 3. The molecule has 0 saturated carbocycles. The van der Waals surface area contributed by atoms with Crippen LogP contribution in [0.2, 0.25) is 10.0 Å². The van der Waals surface area contributed by atoms with Gasteiger partial charge in [0.05, 0.1) is 17.9 Å². The third kappa shape index (κ3) is 6.38. The van der Waals surface area contributed by atoms with E-state index in [1.54, 1.807) is 52.3 Å². The molecule has 3 aromatic carbocycles. The number of hydrogen-bond donors (Lipinski definition) is 2. The fraction of sp³-hybridized carbons (Fsp3) is 0.259. The number of benzene rings is 3. The summed E-state index contributed by atoms with van der Waals surface area (Å²) in [6.07, 6.45) is 0. The van der Waals surface area contributed by atoms with Crippen LogP contribution in [0.1, 0.15) is 27.5 Å². The number of likely N-dealkylation sites (N-methyl/N-ethyl adjacent to an activating group) is 1. The first-order chi connectivity index (χ1) is 17.7. The highest BCUT2D eigenvalue weighted by molar-refractivity contribution is 14.1. The average molecular weight is 652 g/mol. The molecule has 1 atom stereocenters. The molecule has 3 aromatic rings. The van der Waals surface area contributed by atoms with Gasteiger partial charge in [0.1, 0.15) is 6.04 Å². The molecule has 0 saturated heterocycles. The number of halogens is 3. The van der Waals surface area contributed by atoms with Crippen LogP contribution < -0.4 is 16.0 Å². The van der Waals surface area contributed by atoms with Crippen LogP contribution in [-0.2, 0) is 11.3 Å². The van der Waals surface area contributed by atoms with Gasteiger partial charge in [-0.2, -0.15) is 0 Å². The molecule has 0 fully saturated rings. The molecule has 1 unspecified atom stereocenters. The van der Waals surface area contributed by atoms with Crippen molar-refractivity contribution in [2.75, 3.05) is 44.5 Å². The van der Waals surface area contributed by atoms with Crippen molar-refractivity contribution in [2.24, 2.45) is 0 Å². The molecule has 1 aliphatic heterocycles. The Balaban J connectivity index is 1.82. The maximum atomic E-state index is 14.3. The fourth-order valence-electron chi connectivity index (χ4n) is 4.27. The summed E-state index contributed by atoms with van der Waals surface area (Å²) in [5.41, 5.74) is 9.11. The topological polar surface area (TPSA) is 81.9 Å². The third-order valence-electron chi connectivity index (χ3n) is 6.19. The zero-order valence-electron chi connectivity index (χ0n) is 20.5. The summed E-state index contributed by atoms with van der Waals surface area (Å²) in [6.45, 7) is 1.88. The van der Waals surface area contributed by atoms with Crippen LogP contribution in [0.25, 0.3) is 0 Å². The van der Waals surface area contributed by atoms with Crippen LogP contribution in [0.15, 0.2) is 60.7 Å². The van der Waals surface area contributed by atoms with Gasteiger partial charge in [0, 0.05) is 38.9 Å². The van der Waals surface area contributed by atoms with Crippen LogP contribution in [0.4, 0.5) is 11.4 Å². The predicted octanol–water partition coefficient (Wildman–Crippen LogP) is 5.02. The van der Waals surface area contributed by atoms with Crippen molar-refractivity contribution in [1.29, 1.82) is 0 Å². The molecule has 4 rings (SSSR count). The van der Waals surface area contributed by atoms with Gasteiger partial charge in [0.15, 0.2) is 0 Å². The van der Waals surface area contributed by atoms with Gasteiger partial charge in [0.2, 0.25) is 0 Å². The van der Waals surface area contributed by atoms with Gasteiger partial charge in [-0.15, -0.1) is 0 Å². The molecule has 0 spiro atoms. The fourth-order valence-corrected chi connectivity index (χ4v) is 5.06. The van der Waals surface area contributed by atoms with Gasteiger partial charge in [-0.05, 0) is 90.3 Å². The third-order valence-corrected chi connectivity index (χ3v) is 7.35. The van der Waals surface area contributed by atoms with E-state index in [9.17, 15) is 9.59 Å². The Kier molecular flexibility index (Phi) is 8.97. The minimum atomic E-state index is -0.888. The normalized spacial score (nSPS) is 15.8. The van der Waals surface area contributed by atoms with Gasteiger partial charge in [0.25, 0.3) is 11.8 Å². The van der Waals surface area contributed by atoms with Crippen LogP contribution in [0, 0.1) is 3.57 Å². The quantitative estimate of drug-likeness (QED) is 0.203. The number of carbonyl (C=O) groups is 2. The number of amides is 2. The molecule has 37 heavy (non-hydrogen) atoms. The van der Waals surface area contributed by atoms with Gasteiger partial charge >= 0.3 is 0 Å². The minimum Gasteiger partial charge on any atom is -0.398 e. The van der Waals surface area contributed by atoms with E-state index in [4.69, 9.17) is 28.9 Å². The Morgan fingerprint density at radius 2 is 1.70 bits per heavy atom. The summed E-state index contributed by atoms with van der Waals surface area (Å²) in [5, 5.41) is 4.40. The van der Waals surface area contributed by atoms with Crippen molar-refractivity contribution in [3.05, 3.63) is 91.0 Å². The van der Waals surface area contributed by atoms with Crippen molar-refractivity contribution < 1.29 is 9.59 Å². The molecule has 7 nitrogen and oxygen atoms in total. The van der Waals surface area contributed by atoms with Crippen molar-refractivity contribution in [3.63, 3.8) is 0 Å². The summed E-state index contributed by atoms with van der Waals surface area (Å²) in [7, 11) is 3.98. The largest absolute Gasteiger partial charge is 0.398 e. The number of nitrogens with two attached hydrogens (primary N) is 1. The lowest BCUT2D eigenvalue weighted by Gasteiger charge is -2.32. The first kappa shape index (κ1) is 27.7. The Labute approximate surface area is 240 Å². The van der Waals surface area contributed by atoms with E-state index in [1.165, 1.54) is 0 Å². The zero-order chi connectivity index (χ0) is 26.7. The lowest BCUT2D eigenvalue weighted by atomic mass is 10.0. The molecular weight excluding hydrogens is 624 g/mol. The molecule has 2 amide bonds. The Bertz CT molecular complexity index is 1300. The average Bonchev–Trinajstić information content (AvgIpc) is 2.93. The minimum absolute atomic E-state index is 0.133. The molecule has 1 heterocycles. The van der Waals surface area contributed by atoms with E-state index in [0.29, 0.717) is 44.7 Å². The molecule has 0 bridgehead atoms. The lowest BCUT2D eigenvalue weighted by Crippen LogP contribution is -2.46.